The van der Waals surface area contributed by atoms with Gasteiger partial charge in [-0.2, -0.15) is 0 Å². The van der Waals surface area contributed by atoms with E-state index in [9.17, 15) is 0 Å². The zero-order valence-corrected chi connectivity index (χ0v) is 11.4. The monoisotopic (exact) mass is 243 g/mol. The maximum absolute atomic E-state index is 6.37. The molecule has 2 N–H and O–H groups in total. The molecule has 0 aliphatic heterocycles. The predicted molar refractivity (Wildman–Crippen MR) is 74.7 cm³/mol. The molecule has 0 aliphatic rings. The van der Waals surface area contributed by atoms with Gasteiger partial charge in [0.05, 0.1) is 12.3 Å². The van der Waals surface area contributed by atoms with Gasteiger partial charge in [0.1, 0.15) is 5.76 Å². The topological polar surface area (TPSA) is 39.2 Å². The lowest BCUT2D eigenvalue weighted by Gasteiger charge is -2.16. The van der Waals surface area contributed by atoms with Crippen molar-refractivity contribution in [3.8, 4) is 0 Å². The van der Waals surface area contributed by atoms with Gasteiger partial charge in [-0.15, -0.1) is 0 Å². The second kappa shape index (κ2) is 5.40. The molecule has 0 fully saturated rings. The third kappa shape index (κ3) is 2.34. The Kier molecular flexibility index (Phi) is 3.87. The lowest BCUT2D eigenvalue weighted by Crippen LogP contribution is -2.14. The summed E-state index contributed by atoms with van der Waals surface area (Å²) in [4.78, 5) is 0. The summed E-state index contributed by atoms with van der Waals surface area (Å²) in [6, 6.07) is 8.38. The predicted octanol–water partition coefficient (Wildman–Crippen LogP) is 3.76. The van der Waals surface area contributed by atoms with Crippen LogP contribution < -0.4 is 5.73 Å². The number of benzene rings is 1. The molecule has 18 heavy (non-hydrogen) atoms. The fraction of sp³-hybridized carbons (Fsp3) is 0.375. The minimum absolute atomic E-state index is 0.165. The van der Waals surface area contributed by atoms with Gasteiger partial charge in [0.15, 0.2) is 0 Å². The van der Waals surface area contributed by atoms with Crippen molar-refractivity contribution in [2.75, 3.05) is 0 Å². The molecule has 0 radical (unpaired) electrons. The molecule has 1 aromatic heterocycles. The molecule has 1 aromatic carbocycles. The summed E-state index contributed by atoms with van der Waals surface area (Å²) in [6.45, 7) is 6.36. The number of hydrogen-bond donors (Lipinski definition) is 1. The average Bonchev–Trinajstić information content (AvgIpc) is 2.83. The SMILES string of the molecule is CCc1ccc(CC)c(C(N)c2occc2C)c1. The van der Waals surface area contributed by atoms with E-state index in [0.29, 0.717) is 0 Å². The maximum Gasteiger partial charge on any atom is 0.127 e. The van der Waals surface area contributed by atoms with Gasteiger partial charge in [-0.25, -0.2) is 0 Å². The lowest BCUT2D eigenvalue weighted by atomic mass is 9.93. The van der Waals surface area contributed by atoms with Crippen molar-refractivity contribution in [3.05, 3.63) is 58.5 Å². The van der Waals surface area contributed by atoms with Crippen LogP contribution in [-0.2, 0) is 12.8 Å². The van der Waals surface area contributed by atoms with Crippen molar-refractivity contribution >= 4 is 0 Å². The zero-order valence-electron chi connectivity index (χ0n) is 11.4. The minimum Gasteiger partial charge on any atom is -0.467 e. The van der Waals surface area contributed by atoms with Gasteiger partial charge in [-0.3, -0.25) is 0 Å². The highest BCUT2D eigenvalue weighted by molar-refractivity contribution is 5.39. The van der Waals surface area contributed by atoms with Crippen LogP contribution in [0.15, 0.2) is 34.9 Å². The standard InChI is InChI=1S/C16H21NO/c1-4-12-6-7-13(5-2)14(10-12)15(17)16-11(3)8-9-18-16/h6-10,15H,4-5,17H2,1-3H3. The molecule has 0 saturated carbocycles. The number of rotatable bonds is 4. The average molecular weight is 243 g/mol. The second-order valence-electron chi connectivity index (χ2n) is 4.69. The van der Waals surface area contributed by atoms with Gasteiger partial charge in [0.25, 0.3) is 0 Å². The van der Waals surface area contributed by atoms with Crippen LogP contribution in [0.3, 0.4) is 0 Å². The largest absolute Gasteiger partial charge is 0.467 e. The molecule has 0 saturated heterocycles. The summed E-state index contributed by atoms with van der Waals surface area (Å²) in [5.74, 6) is 0.873. The molecule has 2 nitrogen and oxygen atoms in total. The molecular formula is C16H21NO. The lowest BCUT2D eigenvalue weighted by molar-refractivity contribution is 0.486. The Balaban J connectivity index is 2.45. The maximum atomic E-state index is 6.37. The molecule has 0 aliphatic carbocycles. The highest BCUT2D eigenvalue weighted by Gasteiger charge is 2.17. The molecule has 2 aromatic rings. The summed E-state index contributed by atoms with van der Waals surface area (Å²) >= 11 is 0. The third-order valence-electron chi connectivity index (χ3n) is 3.52. The van der Waals surface area contributed by atoms with E-state index in [1.807, 2.05) is 13.0 Å². The van der Waals surface area contributed by atoms with Gasteiger partial charge in [-0.05, 0) is 48.1 Å². The number of hydrogen-bond acceptors (Lipinski definition) is 2. The number of nitrogens with two attached hydrogens (primary N) is 1. The van der Waals surface area contributed by atoms with Gasteiger partial charge < -0.3 is 10.2 Å². The Labute approximate surface area is 109 Å². The van der Waals surface area contributed by atoms with E-state index in [0.717, 1.165) is 24.2 Å². The van der Waals surface area contributed by atoms with Crippen molar-refractivity contribution in [1.29, 1.82) is 0 Å². The van der Waals surface area contributed by atoms with E-state index in [1.54, 1.807) is 6.26 Å². The van der Waals surface area contributed by atoms with Crippen LogP contribution in [0.4, 0.5) is 0 Å². The van der Waals surface area contributed by atoms with Crippen molar-refractivity contribution in [2.24, 2.45) is 5.73 Å². The molecular weight excluding hydrogens is 222 g/mol. The van der Waals surface area contributed by atoms with Crippen LogP contribution in [0, 0.1) is 6.92 Å². The van der Waals surface area contributed by atoms with Gasteiger partial charge in [-0.1, -0.05) is 32.0 Å². The normalized spacial score (nSPS) is 12.7. The van der Waals surface area contributed by atoms with Crippen molar-refractivity contribution in [3.63, 3.8) is 0 Å². The first-order chi connectivity index (χ1) is 8.67. The molecule has 96 valence electrons. The first kappa shape index (κ1) is 12.9. The summed E-state index contributed by atoms with van der Waals surface area (Å²) in [7, 11) is 0. The van der Waals surface area contributed by atoms with E-state index >= 15 is 0 Å². The highest BCUT2D eigenvalue weighted by Crippen LogP contribution is 2.27. The van der Waals surface area contributed by atoms with Crippen LogP contribution in [0.1, 0.15) is 47.9 Å². The number of aryl methyl sites for hydroxylation is 3. The summed E-state index contributed by atoms with van der Waals surface area (Å²) in [6.07, 6.45) is 3.73. The molecule has 0 bridgehead atoms. The van der Waals surface area contributed by atoms with E-state index in [4.69, 9.17) is 10.2 Å². The molecule has 1 unspecified atom stereocenters. The fourth-order valence-electron chi connectivity index (χ4n) is 2.32. The van der Waals surface area contributed by atoms with Crippen LogP contribution in [0.25, 0.3) is 0 Å². The van der Waals surface area contributed by atoms with Gasteiger partial charge in [0.2, 0.25) is 0 Å². The van der Waals surface area contributed by atoms with E-state index in [1.165, 1.54) is 16.7 Å². The second-order valence-corrected chi connectivity index (χ2v) is 4.69. The third-order valence-corrected chi connectivity index (χ3v) is 3.52. The van der Waals surface area contributed by atoms with Crippen molar-refractivity contribution in [2.45, 2.75) is 39.7 Å². The quantitative estimate of drug-likeness (QED) is 0.888. The number of furan rings is 1. The van der Waals surface area contributed by atoms with Crippen LogP contribution in [0.5, 0.6) is 0 Å². The molecule has 0 spiro atoms. The van der Waals surface area contributed by atoms with E-state index in [2.05, 4.69) is 32.0 Å². The minimum atomic E-state index is -0.165. The van der Waals surface area contributed by atoms with E-state index in [-0.39, 0.29) is 6.04 Å². The van der Waals surface area contributed by atoms with Gasteiger partial charge in [0, 0.05) is 0 Å². The van der Waals surface area contributed by atoms with E-state index < -0.39 is 0 Å². The Morgan fingerprint density at radius 3 is 2.50 bits per heavy atom. The van der Waals surface area contributed by atoms with Gasteiger partial charge >= 0.3 is 0 Å². The smallest absolute Gasteiger partial charge is 0.127 e. The van der Waals surface area contributed by atoms with Crippen molar-refractivity contribution < 1.29 is 4.42 Å². The summed E-state index contributed by atoms with van der Waals surface area (Å²) in [5, 5.41) is 0. The molecule has 0 amide bonds. The Morgan fingerprint density at radius 1 is 1.17 bits per heavy atom. The van der Waals surface area contributed by atoms with Crippen LogP contribution >= 0.6 is 0 Å². The molecule has 2 heteroatoms. The first-order valence-corrected chi connectivity index (χ1v) is 6.58. The zero-order chi connectivity index (χ0) is 13.1. The first-order valence-electron chi connectivity index (χ1n) is 6.58. The Bertz CT molecular complexity index is 528. The van der Waals surface area contributed by atoms with Crippen LogP contribution in [-0.4, -0.2) is 0 Å². The van der Waals surface area contributed by atoms with Crippen molar-refractivity contribution in [1.82, 2.24) is 0 Å². The summed E-state index contributed by atoms with van der Waals surface area (Å²) in [5.41, 5.74) is 11.3. The fourth-order valence-corrected chi connectivity index (χ4v) is 2.32. The molecule has 1 heterocycles. The molecule has 1 atom stereocenters. The Hall–Kier alpha value is -1.54. The summed E-state index contributed by atoms with van der Waals surface area (Å²) < 4.78 is 5.53. The molecule has 2 rings (SSSR count). The Morgan fingerprint density at radius 2 is 1.94 bits per heavy atom. The highest BCUT2D eigenvalue weighted by atomic mass is 16.3. The van der Waals surface area contributed by atoms with Crippen LogP contribution in [0.2, 0.25) is 0 Å².